The molecule has 0 unspecified atom stereocenters. The third-order valence-corrected chi connectivity index (χ3v) is 4.21. The number of fused-ring (bicyclic) bond motifs is 1. The van der Waals surface area contributed by atoms with Gasteiger partial charge in [0.2, 0.25) is 0 Å². The molecule has 0 aliphatic carbocycles. The van der Waals surface area contributed by atoms with Crippen LogP contribution in [0.25, 0.3) is 10.9 Å². The Hall–Kier alpha value is -3.08. The smallest absolute Gasteiger partial charge is 0.141 e. The molecule has 0 bridgehead atoms. The second-order valence-corrected chi connectivity index (χ2v) is 5.68. The molecule has 0 radical (unpaired) electrons. The molecule has 1 heterocycles. The van der Waals surface area contributed by atoms with Crippen molar-refractivity contribution in [3.8, 4) is 11.5 Å². The van der Waals surface area contributed by atoms with E-state index in [0.717, 1.165) is 24.2 Å². The maximum absolute atomic E-state index is 10.3. The third-order valence-electron chi connectivity index (χ3n) is 4.21. The molecule has 2 aromatic carbocycles. The first-order valence-corrected chi connectivity index (χ1v) is 8.32. The maximum atomic E-state index is 10.3. The van der Waals surface area contributed by atoms with Gasteiger partial charge in [-0.05, 0) is 50.2 Å². The Morgan fingerprint density at radius 3 is 2.56 bits per heavy atom. The van der Waals surface area contributed by atoms with Crippen LogP contribution in [0.4, 0.5) is 11.4 Å². The van der Waals surface area contributed by atoms with Gasteiger partial charge in [0.1, 0.15) is 17.0 Å². The van der Waals surface area contributed by atoms with E-state index in [-0.39, 0.29) is 11.5 Å². The van der Waals surface area contributed by atoms with Crippen LogP contribution in [0, 0.1) is 0 Å². The largest absolute Gasteiger partial charge is 0.507 e. The predicted molar refractivity (Wildman–Crippen MR) is 102 cm³/mol. The molecule has 0 aliphatic heterocycles. The first kappa shape index (κ1) is 16.8. The summed E-state index contributed by atoms with van der Waals surface area (Å²) < 4.78 is 0. The SMILES string of the molecule is CCN(CC)c1ccc(/C=N\c2ccc(O)c3ncccc23)c(O)c1. The Bertz CT molecular complexity index is 918. The van der Waals surface area contributed by atoms with Gasteiger partial charge >= 0.3 is 0 Å². The van der Waals surface area contributed by atoms with Crippen LogP contribution in [-0.2, 0) is 0 Å². The molecule has 1 aromatic heterocycles. The molecule has 3 rings (SSSR count). The summed E-state index contributed by atoms with van der Waals surface area (Å²) in [5.74, 6) is 0.315. The Labute approximate surface area is 146 Å². The Morgan fingerprint density at radius 2 is 1.84 bits per heavy atom. The standard InChI is InChI=1S/C20H21N3O2/c1-3-23(4-2)15-8-7-14(19(25)12-15)13-22-17-9-10-18(24)20-16(17)6-5-11-21-20/h5-13,24-25H,3-4H2,1-2H3/b22-13-. The van der Waals surface area contributed by atoms with Crippen LogP contribution in [0.15, 0.2) is 53.7 Å². The number of nitrogens with zero attached hydrogens (tertiary/aromatic N) is 3. The summed E-state index contributed by atoms with van der Waals surface area (Å²) in [7, 11) is 0. The lowest BCUT2D eigenvalue weighted by atomic mass is 10.1. The lowest BCUT2D eigenvalue weighted by Crippen LogP contribution is -2.21. The number of benzene rings is 2. The lowest BCUT2D eigenvalue weighted by molar-refractivity contribution is 0.474. The van der Waals surface area contributed by atoms with Crippen LogP contribution >= 0.6 is 0 Å². The van der Waals surface area contributed by atoms with Gasteiger partial charge in [0, 0.05) is 48.2 Å². The quantitative estimate of drug-likeness (QED) is 0.684. The number of phenolic OH excluding ortho intramolecular Hbond substituents is 2. The van der Waals surface area contributed by atoms with E-state index in [4.69, 9.17) is 0 Å². The highest BCUT2D eigenvalue weighted by molar-refractivity contribution is 5.96. The number of hydrogen-bond donors (Lipinski definition) is 2. The molecule has 0 atom stereocenters. The van der Waals surface area contributed by atoms with Crippen molar-refractivity contribution in [3.05, 3.63) is 54.2 Å². The highest BCUT2D eigenvalue weighted by atomic mass is 16.3. The van der Waals surface area contributed by atoms with Crippen LogP contribution in [0.1, 0.15) is 19.4 Å². The number of pyridine rings is 1. The second-order valence-electron chi connectivity index (χ2n) is 5.68. The van der Waals surface area contributed by atoms with Crippen LogP contribution in [0.3, 0.4) is 0 Å². The molecule has 0 spiro atoms. The van der Waals surface area contributed by atoms with Gasteiger partial charge in [-0.2, -0.15) is 0 Å². The molecular weight excluding hydrogens is 314 g/mol. The van der Waals surface area contributed by atoms with Crippen molar-refractivity contribution in [1.82, 2.24) is 4.98 Å². The molecule has 128 valence electrons. The summed E-state index contributed by atoms with van der Waals surface area (Å²) in [6.45, 7) is 5.94. The van der Waals surface area contributed by atoms with Gasteiger partial charge in [-0.25, -0.2) is 0 Å². The van der Waals surface area contributed by atoms with Gasteiger partial charge in [0.05, 0.1) is 5.69 Å². The summed E-state index contributed by atoms with van der Waals surface area (Å²) >= 11 is 0. The van der Waals surface area contributed by atoms with E-state index < -0.39 is 0 Å². The van der Waals surface area contributed by atoms with E-state index in [1.54, 1.807) is 36.7 Å². The van der Waals surface area contributed by atoms with Crippen LogP contribution in [0.2, 0.25) is 0 Å². The van der Waals surface area contributed by atoms with Crippen molar-refractivity contribution in [3.63, 3.8) is 0 Å². The van der Waals surface area contributed by atoms with E-state index in [9.17, 15) is 10.2 Å². The number of hydrogen-bond acceptors (Lipinski definition) is 5. The number of aromatic hydroxyl groups is 2. The molecule has 0 saturated carbocycles. The minimum Gasteiger partial charge on any atom is -0.507 e. The summed E-state index contributed by atoms with van der Waals surface area (Å²) in [5.41, 5.74) is 2.83. The minimum absolute atomic E-state index is 0.126. The molecule has 2 N–H and O–H groups in total. The van der Waals surface area contributed by atoms with E-state index in [0.29, 0.717) is 16.8 Å². The van der Waals surface area contributed by atoms with Gasteiger partial charge < -0.3 is 15.1 Å². The molecule has 25 heavy (non-hydrogen) atoms. The number of aliphatic imine (C=N–C) groups is 1. The zero-order chi connectivity index (χ0) is 17.8. The zero-order valence-corrected chi connectivity index (χ0v) is 14.3. The summed E-state index contributed by atoms with van der Waals surface area (Å²) in [5, 5.41) is 21.0. The monoisotopic (exact) mass is 335 g/mol. The molecular formula is C20H21N3O2. The fourth-order valence-electron chi connectivity index (χ4n) is 2.82. The van der Waals surface area contributed by atoms with Gasteiger partial charge in [0.25, 0.3) is 0 Å². The van der Waals surface area contributed by atoms with Gasteiger partial charge in [-0.1, -0.05) is 0 Å². The highest BCUT2D eigenvalue weighted by Crippen LogP contribution is 2.31. The van der Waals surface area contributed by atoms with Crippen molar-refractivity contribution >= 4 is 28.5 Å². The second kappa shape index (κ2) is 7.21. The normalized spacial score (nSPS) is 11.3. The van der Waals surface area contributed by atoms with Gasteiger partial charge in [-0.3, -0.25) is 9.98 Å². The zero-order valence-electron chi connectivity index (χ0n) is 14.3. The van der Waals surface area contributed by atoms with E-state index >= 15 is 0 Å². The molecule has 0 aliphatic rings. The van der Waals surface area contributed by atoms with E-state index in [1.165, 1.54) is 0 Å². The molecule has 0 amide bonds. The van der Waals surface area contributed by atoms with Crippen molar-refractivity contribution in [2.24, 2.45) is 4.99 Å². The summed E-state index contributed by atoms with van der Waals surface area (Å²) in [6.07, 6.45) is 3.26. The molecule has 0 saturated heterocycles. The molecule has 5 nitrogen and oxygen atoms in total. The first-order chi connectivity index (χ1) is 12.1. The number of rotatable bonds is 5. The molecule has 5 heteroatoms. The predicted octanol–water partition coefficient (Wildman–Crippen LogP) is 4.24. The van der Waals surface area contributed by atoms with Crippen LogP contribution in [-0.4, -0.2) is 34.5 Å². The van der Waals surface area contributed by atoms with Crippen molar-refractivity contribution in [2.45, 2.75) is 13.8 Å². The fraction of sp³-hybridized carbons (Fsp3) is 0.200. The van der Waals surface area contributed by atoms with E-state index in [2.05, 4.69) is 28.7 Å². The van der Waals surface area contributed by atoms with Gasteiger partial charge in [0.15, 0.2) is 0 Å². The average Bonchev–Trinajstić information content (AvgIpc) is 2.64. The van der Waals surface area contributed by atoms with Crippen LogP contribution in [0.5, 0.6) is 11.5 Å². The Morgan fingerprint density at radius 1 is 1.04 bits per heavy atom. The molecule has 0 fully saturated rings. The van der Waals surface area contributed by atoms with Crippen molar-refractivity contribution < 1.29 is 10.2 Å². The Kier molecular flexibility index (Phi) is 4.84. The average molecular weight is 335 g/mol. The van der Waals surface area contributed by atoms with Gasteiger partial charge in [-0.15, -0.1) is 0 Å². The maximum Gasteiger partial charge on any atom is 0.141 e. The van der Waals surface area contributed by atoms with E-state index in [1.807, 2.05) is 18.2 Å². The van der Waals surface area contributed by atoms with Crippen molar-refractivity contribution in [2.75, 3.05) is 18.0 Å². The minimum atomic E-state index is 0.126. The first-order valence-electron chi connectivity index (χ1n) is 8.32. The van der Waals surface area contributed by atoms with Crippen LogP contribution < -0.4 is 4.90 Å². The summed E-state index contributed by atoms with van der Waals surface area (Å²) in [6, 6.07) is 12.6. The fourth-order valence-corrected chi connectivity index (χ4v) is 2.82. The molecule has 3 aromatic rings. The highest BCUT2D eigenvalue weighted by Gasteiger charge is 2.07. The number of aromatic nitrogens is 1. The topological polar surface area (TPSA) is 69.0 Å². The summed E-state index contributed by atoms with van der Waals surface area (Å²) in [4.78, 5) is 10.8. The third kappa shape index (κ3) is 3.40. The Balaban J connectivity index is 1.94. The lowest BCUT2D eigenvalue weighted by Gasteiger charge is -2.21. The van der Waals surface area contributed by atoms with Crippen molar-refractivity contribution in [1.29, 1.82) is 0 Å². The number of phenols is 2. The number of anilines is 1.